The molecule has 0 aromatic rings. The van der Waals surface area contributed by atoms with E-state index in [4.69, 9.17) is 0 Å². The molecule has 2 atom stereocenters. The normalized spacial score (nSPS) is 29.4. The van der Waals surface area contributed by atoms with Crippen molar-refractivity contribution in [1.29, 1.82) is 0 Å². The molecule has 1 amide bonds. The number of likely N-dealkylation sites (tertiary alicyclic amines) is 1. The van der Waals surface area contributed by atoms with Crippen LogP contribution in [0.4, 0.5) is 0 Å². The van der Waals surface area contributed by atoms with E-state index in [0.29, 0.717) is 23.2 Å². The van der Waals surface area contributed by atoms with Gasteiger partial charge >= 0.3 is 0 Å². The predicted octanol–water partition coefficient (Wildman–Crippen LogP) is 2.13. The quantitative estimate of drug-likeness (QED) is 0.834. The highest BCUT2D eigenvalue weighted by molar-refractivity contribution is 5.82. The zero-order chi connectivity index (χ0) is 13.3. The van der Waals surface area contributed by atoms with Crippen LogP contribution in [-0.4, -0.2) is 37.5 Å². The fourth-order valence-corrected chi connectivity index (χ4v) is 3.31. The lowest BCUT2D eigenvalue weighted by Gasteiger charge is -2.32. The molecule has 0 radical (unpaired) electrons. The zero-order valence-electron chi connectivity index (χ0n) is 12.3. The van der Waals surface area contributed by atoms with E-state index in [0.717, 1.165) is 32.0 Å². The number of amides is 1. The maximum absolute atomic E-state index is 12.4. The van der Waals surface area contributed by atoms with Crippen molar-refractivity contribution in [2.75, 3.05) is 26.7 Å². The third kappa shape index (κ3) is 3.05. The van der Waals surface area contributed by atoms with E-state index in [9.17, 15) is 4.79 Å². The summed E-state index contributed by atoms with van der Waals surface area (Å²) in [6.07, 6.45) is 3.44. The number of carbonyl (C=O) groups excluding carboxylic acids is 1. The summed E-state index contributed by atoms with van der Waals surface area (Å²) in [5.41, 5.74) is 0.296. The average molecular weight is 252 g/mol. The lowest BCUT2D eigenvalue weighted by molar-refractivity contribution is -0.134. The molecule has 3 heteroatoms. The van der Waals surface area contributed by atoms with E-state index in [1.54, 1.807) is 0 Å². The number of carbonyl (C=O) groups is 1. The van der Waals surface area contributed by atoms with Crippen LogP contribution < -0.4 is 5.32 Å². The highest BCUT2D eigenvalue weighted by atomic mass is 16.2. The van der Waals surface area contributed by atoms with E-state index in [-0.39, 0.29) is 0 Å². The molecule has 3 nitrogen and oxygen atoms in total. The predicted molar refractivity (Wildman–Crippen MR) is 74.3 cm³/mol. The summed E-state index contributed by atoms with van der Waals surface area (Å²) in [5, 5.41) is 3.24. The molecular formula is C15H28N2O. The van der Waals surface area contributed by atoms with Gasteiger partial charge in [0.05, 0.1) is 0 Å². The molecule has 0 spiro atoms. The molecule has 1 aliphatic carbocycles. The Morgan fingerprint density at radius 2 is 1.89 bits per heavy atom. The van der Waals surface area contributed by atoms with Crippen molar-refractivity contribution in [1.82, 2.24) is 10.2 Å². The second-order valence-electron chi connectivity index (χ2n) is 7.14. The standard InChI is InChI=1S/C15H28N2O/c1-15(2,3)13-9-12(13)14(18)17-7-5-11(6-8-17)10-16-4/h11-13,16H,5-10H2,1-4H3. The molecule has 0 bridgehead atoms. The Morgan fingerprint density at radius 3 is 2.33 bits per heavy atom. The van der Waals surface area contributed by atoms with Gasteiger partial charge in [0.25, 0.3) is 0 Å². The molecular weight excluding hydrogens is 224 g/mol. The summed E-state index contributed by atoms with van der Waals surface area (Å²) in [6, 6.07) is 0. The van der Waals surface area contributed by atoms with Crippen LogP contribution in [0, 0.1) is 23.2 Å². The van der Waals surface area contributed by atoms with Gasteiger partial charge in [0.1, 0.15) is 0 Å². The maximum Gasteiger partial charge on any atom is 0.225 e. The minimum Gasteiger partial charge on any atom is -0.342 e. The molecule has 18 heavy (non-hydrogen) atoms. The van der Waals surface area contributed by atoms with Crippen LogP contribution in [0.3, 0.4) is 0 Å². The third-order valence-electron chi connectivity index (χ3n) is 4.64. The minimum absolute atomic E-state index is 0.296. The first-order valence-corrected chi connectivity index (χ1v) is 7.37. The minimum atomic E-state index is 0.296. The van der Waals surface area contributed by atoms with Crippen molar-refractivity contribution in [2.24, 2.45) is 23.2 Å². The van der Waals surface area contributed by atoms with Gasteiger partial charge in [-0.05, 0) is 50.1 Å². The van der Waals surface area contributed by atoms with Gasteiger partial charge in [0, 0.05) is 19.0 Å². The summed E-state index contributed by atoms with van der Waals surface area (Å²) < 4.78 is 0. The maximum atomic E-state index is 12.4. The molecule has 104 valence electrons. The first kappa shape index (κ1) is 13.9. The van der Waals surface area contributed by atoms with Crippen molar-refractivity contribution in [3.63, 3.8) is 0 Å². The summed E-state index contributed by atoms with van der Waals surface area (Å²) in [4.78, 5) is 14.5. The van der Waals surface area contributed by atoms with Gasteiger partial charge in [-0.1, -0.05) is 20.8 Å². The van der Waals surface area contributed by atoms with Crippen LogP contribution in [0.2, 0.25) is 0 Å². The molecule has 1 heterocycles. The second-order valence-corrected chi connectivity index (χ2v) is 7.14. The first-order chi connectivity index (χ1) is 8.43. The Hall–Kier alpha value is -0.570. The molecule has 0 aromatic carbocycles. The number of hydrogen-bond acceptors (Lipinski definition) is 2. The zero-order valence-corrected chi connectivity index (χ0v) is 12.3. The van der Waals surface area contributed by atoms with E-state index in [2.05, 4.69) is 31.0 Å². The fourth-order valence-electron chi connectivity index (χ4n) is 3.31. The van der Waals surface area contributed by atoms with Crippen LogP contribution in [0.5, 0.6) is 0 Å². The van der Waals surface area contributed by atoms with Gasteiger partial charge in [0.15, 0.2) is 0 Å². The average Bonchev–Trinajstić information content (AvgIpc) is 3.09. The van der Waals surface area contributed by atoms with Crippen LogP contribution in [0.1, 0.15) is 40.0 Å². The number of piperidine rings is 1. The van der Waals surface area contributed by atoms with Crippen molar-refractivity contribution in [3.8, 4) is 0 Å². The number of hydrogen-bond donors (Lipinski definition) is 1. The van der Waals surface area contributed by atoms with E-state index in [1.165, 1.54) is 12.8 Å². The third-order valence-corrected chi connectivity index (χ3v) is 4.64. The second kappa shape index (κ2) is 5.20. The van der Waals surface area contributed by atoms with Crippen LogP contribution in [-0.2, 0) is 4.79 Å². The monoisotopic (exact) mass is 252 g/mol. The van der Waals surface area contributed by atoms with Gasteiger partial charge in [-0.2, -0.15) is 0 Å². The Kier molecular flexibility index (Phi) is 4.00. The highest BCUT2D eigenvalue weighted by Crippen LogP contribution is 2.51. The lowest BCUT2D eigenvalue weighted by atomic mass is 9.88. The molecule has 1 N–H and O–H groups in total. The molecule has 1 saturated heterocycles. The first-order valence-electron chi connectivity index (χ1n) is 7.37. The Morgan fingerprint density at radius 1 is 1.28 bits per heavy atom. The molecule has 0 aromatic heterocycles. The van der Waals surface area contributed by atoms with Crippen LogP contribution in [0.25, 0.3) is 0 Å². The lowest BCUT2D eigenvalue weighted by Crippen LogP contribution is -2.41. The van der Waals surface area contributed by atoms with Gasteiger partial charge in [0.2, 0.25) is 5.91 Å². The van der Waals surface area contributed by atoms with Crippen LogP contribution in [0.15, 0.2) is 0 Å². The SMILES string of the molecule is CNCC1CCN(C(=O)C2CC2C(C)(C)C)CC1. The van der Waals surface area contributed by atoms with E-state index >= 15 is 0 Å². The van der Waals surface area contributed by atoms with Crippen LogP contribution >= 0.6 is 0 Å². The van der Waals surface area contributed by atoms with Crippen molar-refractivity contribution in [3.05, 3.63) is 0 Å². The summed E-state index contributed by atoms with van der Waals surface area (Å²) in [6.45, 7) is 9.80. The van der Waals surface area contributed by atoms with Gasteiger partial charge in [-0.15, -0.1) is 0 Å². The highest BCUT2D eigenvalue weighted by Gasteiger charge is 2.50. The molecule has 1 saturated carbocycles. The van der Waals surface area contributed by atoms with Crippen molar-refractivity contribution >= 4 is 5.91 Å². The fraction of sp³-hybridized carbons (Fsp3) is 0.933. The molecule has 2 fully saturated rings. The molecule has 1 aliphatic heterocycles. The Labute approximate surface area is 111 Å². The number of nitrogens with one attached hydrogen (secondary N) is 1. The van der Waals surface area contributed by atoms with Gasteiger partial charge < -0.3 is 10.2 Å². The van der Waals surface area contributed by atoms with E-state index < -0.39 is 0 Å². The Balaban J connectivity index is 1.79. The molecule has 2 unspecified atom stereocenters. The van der Waals surface area contributed by atoms with E-state index in [1.807, 2.05) is 7.05 Å². The number of rotatable bonds is 3. The van der Waals surface area contributed by atoms with Gasteiger partial charge in [-0.3, -0.25) is 4.79 Å². The largest absolute Gasteiger partial charge is 0.342 e. The summed E-state index contributed by atoms with van der Waals surface area (Å²) >= 11 is 0. The number of nitrogens with zero attached hydrogens (tertiary/aromatic N) is 1. The topological polar surface area (TPSA) is 32.3 Å². The smallest absolute Gasteiger partial charge is 0.225 e. The summed E-state index contributed by atoms with van der Waals surface area (Å²) in [5.74, 6) is 2.13. The Bertz CT molecular complexity index is 300. The molecule has 2 rings (SSSR count). The van der Waals surface area contributed by atoms with Gasteiger partial charge in [-0.25, -0.2) is 0 Å². The summed E-state index contributed by atoms with van der Waals surface area (Å²) in [7, 11) is 2.01. The van der Waals surface area contributed by atoms with Crippen molar-refractivity contribution in [2.45, 2.75) is 40.0 Å². The molecule has 2 aliphatic rings. The van der Waals surface area contributed by atoms with Crippen molar-refractivity contribution < 1.29 is 4.79 Å².